The fourth-order valence-corrected chi connectivity index (χ4v) is 6.56. The molecule has 2 fully saturated rings. The molecule has 230 valence electrons. The number of nitrogens with zero attached hydrogens (tertiary/aromatic N) is 7. The van der Waals surface area contributed by atoms with Gasteiger partial charge in [0.05, 0.1) is 12.2 Å². The molecular weight excluding hydrogens is 557 g/mol. The third kappa shape index (κ3) is 6.20. The smallest absolute Gasteiger partial charge is 0.318 e. The molecule has 3 heterocycles. The number of benzene rings is 2. The van der Waals surface area contributed by atoms with Crippen molar-refractivity contribution >= 4 is 28.2 Å². The molecular formula is C34H40FN7O2. The van der Waals surface area contributed by atoms with Crippen LogP contribution in [0.25, 0.3) is 15.6 Å². The summed E-state index contributed by atoms with van der Waals surface area (Å²) in [7, 11) is 1.91. The van der Waals surface area contributed by atoms with Gasteiger partial charge in [0.15, 0.2) is 0 Å². The summed E-state index contributed by atoms with van der Waals surface area (Å²) in [5.41, 5.74) is 3.37. The highest BCUT2D eigenvalue weighted by molar-refractivity contribution is 5.97. The number of amides is 1. The summed E-state index contributed by atoms with van der Waals surface area (Å²) < 4.78 is 20.4. The van der Waals surface area contributed by atoms with Crippen molar-refractivity contribution in [2.75, 3.05) is 69.3 Å². The molecule has 9 nitrogen and oxygen atoms in total. The minimum Gasteiger partial charge on any atom is -0.462 e. The van der Waals surface area contributed by atoms with Crippen molar-refractivity contribution in [1.82, 2.24) is 19.8 Å². The molecule has 1 amide bonds. The summed E-state index contributed by atoms with van der Waals surface area (Å²) in [6.07, 6.45) is 3.33. The fraction of sp³-hybridized carbons (Fsp3) is 0.471. The lowest BCUT2D eigenvalue weighted by molar-refractivity contribution is -0.128. The van der Waals surface area contributed by atoms with Crippen LogP contribution in [-0.4, -0.2) is 96.9 Å². The van der Waals surface area contributed by atoms with Crippen molar-refractivity contribution in [2.45, 2.75) is 44.4 Å². The normalized spacial score (nSPS) is 19.1. The number of carbonyl (C=O) groups is 1. The fourth-order valence-electron chi connectivity index (χ4n) is 6.56. The second-order valence-corrected chi connectivity index (χ2v) is 12.3. The highest BCUT2D eigenvalue weighted by atomic mass is 19.1. The maximum Gasteiger partial charge on any atom is 0.318 e. The van der Waals surface area contributed by atoms with Crippen molar-refractivity contribution in [3.05, 3.63) is 77.3 Å². The summed E-state index contributed by atoms with van der Waals surface area (Å²) >= 11 is 0. The van der Waals surface area contributed by atoms with Crippen LogP contribution in [0.4, 0.5) is 15.9 Å². The van der Waals surface area contributed by atoms with Gasteiger partial charge in [-0.25, -0.2) is 11.0 Å². The number of piperazine rings is 1. The number of rotatable bonds is 10. The molecule has 1 saturated heterocycles. The number of aromatic nitrogens is 2. The van der Waals surface area contributed by atoms with E-state index in [4.69, 9.17) is 21.3 Å². The molecule has 1 unspecified atom stereocenters. The average molecular weight is 598 g/mol. The lowest BCUT2D eigenvalue weighted by Gasteiger charge is -2.41. The van der Waals surface area contributed by atoms with Gasteiger partial charge in [0.1, 0.15) is 24.1 Å². The molecule has 3 aliphatic rings. The number of hydrogen-bond donors (Lipinski definition) is 0. The van der Waals surface area contributed by atoms with E-state index in [-0.39, 0.29) is 18.5 Å². The molecule has 10 heteroatoms. The van der Waals surface area contributed by atoms with E-state index in [1.54, 1.807) is 4.90 Å². The zero-order chi connectivity index (χ0) is 30.8. The third-order valence-corrected chi connectivity index (χ3v) is 9.05. The van der Waals surface area contributed by atoms with Crippen LogP contribution < -0.4 is 14.5 Å². The van der Waals surface area contributed by atoms with Crippen LogP contribution in [0.15, 0.2) is 49.1 Å². The van der Waals surface area contributed by atoms with E-state index in [1.165, 1.54) is 28.1 Å². The van der Waals surface area contributed by atoms with Crippen LogP contribution in [0, 0.1) is 13.5 Å². The number of anilines is 2. The lowest BCUT2D eigenvalue weighted by atomic mass is 9.99. The van der Waals surface area contributed by atoms with Crippen molar-refractivity contribution in [3.63, 3.8) is 0 Å². The average Bonchev–Trinajstić information content (AvgIpc) is 3.75. The van der Waals surface area contributed by atoms with Gasteiger partial charge in [0.25, 0.3) is 0 Å². The SMILES string of the molecule is [C-]#[N+]CC1CN(c2nc(OCCN(C)CC3(F)CC3)nc3c2CCN(c2cccc4cccc(C)c24)C3)CCN1C(=O)C=C. The first kappa shape index (κ1) is 29.8. The van der Waals surface area contributed by atoms with Gasteiger partial charge in [-0.3, -0.25) is 9.69 Å². The summed E-state index contributed by atoms with van der Waals surface area (Å²) in [6, 6.07) is 12.9. The molecule has 0 radical (unpaired) electrons. The monoisotopic (exact) mass is 597 g/mol. The maximum atomic E-state index is 14.3. The molecule has 0 N–H and O–H groups in total. The predicted molar refractivity (Wildman–Crippen MR) is 171 cm³/mol. The van der Waals surface area contributed by atoms with Gasteiger partial charge in [0, 0.05) is 55.9 Å². The van der Waals surface area contributed by atoms with Crippen LogP contribution in [0.2, 0.25) is 0 Å². The van der Waals surface area contributed by atoms with Gasteiger partial charge in [-0.05, 0) is 56.3 Å². The van der Waals surface area contributed by atoms with Gasteiger partial charge >= 0.3 is 6.01 Å². The topological polar surface area (TPSA) is 69.4 Å². The predicted octanol–water partition coefficient (Wildman–Crippen LogP) is 4.44. The number of fused-ring (bicyclic) bond motifs is 2. The van der Waals surface area contributed by atoms with Crippen LogP contribution in [0.3, 0.4) is 0 Å². The Kier molecular flexibility index (Phi) is 8.41. The molecule has 1 aromatic heterocycles. The molecule has 1 atom stereocenters. The number of ether oxygens (including phenoxy) is 1. The molecule has 0 bridgehead atoms. The Morgan fingerprint density at radius 3 is 2.75 bits per heavy atom. The molecule has 0 spiro atoms. The Labute approximate surface area is 258 Å². The van der Waals surface area contributed by atoms with Gasteiger partial charge in [0.2, 0.25) is 12.5 Å². The first-order valence-electron chi connectivity index (χ1n) is 15.4. The molecule has 2 aromatic carbocycles. The van der Waals surface area contributed by atoms with Crippen LogP contribution in [-0.2, 0) is 17.8 Å². The van der Waals surface area contributed by atoms with Crippen molar-refractivity contribution in [3.8, 4) is 6.01 Å². The standard InChI is InChI=1S/C34H40FN7O2/c1-5-30(43)42-17-16-41(21-26(42)20-36-3)32-27-12-15-40(29-11-7-10-25-9-6-8-24(2)31(25)29)22-28(27)37-33(38-32)44-19-18-39(4)23-34(35)13-14-34/h5-11,26H,1,12-23H2,2,4H3. The number of aryl methyl sites for hydroxylation is 1. The van der Waals surface area contributed by atoms with Gasteiger partial charge in [-0.15, -0.1) is 0 Å². The quantitative estimate of drug-likeness (QED) is 0.253. The van der Waals surface area contributed by atoms with Crippen LogP contribution >= 0.6 is 0 Å². The largest absolute Gasteiger partial charge is 0.462 e. The first-order chi connectivity index (χ1) is 21.3. The zero-order valence-corrected chi connectivity index (χ0v) is 25.6. The van der Waals surface area contributed by atoms with E-state index in [9.17, 15) is 9.18 Å². The Morgan fingerprint density at radius 2 is 2.00 bits per heavy atom. The van der Waals surface area contributed by atoms with Gasteiger partial charge < -0.3 is 24.3 Å². The van der Waals surface area contributed by atoms with E-state index in [0.29, 0.717) is 64.7 Å². The van der Waals surface area contributed by atoms with Crippen LogP contribution in [0.5, 0.6) is 6.01 Å². The van der Waals surface area contributed by atoms with E-state index < -0.39 is 5.67 Å². The molecule has 3 aromatic rings. The van der Waals surface area contributed by atoms with Crippen molar-refractivity contribution in [1.29, 1.82) is 0 Å². The zero-order valence-electron chi connectivity index (χ0n) is 25.6. The molecule has 1 saturated carbocycles. The Balaban J connectivity index is 1.29. The number of alkyl halides is 1. The van der Waals surface area contributed by atoms with Gasteiger partial charge in [-0.1, -0.05) is 36.9 Å². The lowest BCUT2D eigenvalue weighted by Crippen LogP contribution is -2.56. The van der Waals surface area contributed by atoms with Gasteiger partial charge in [-0.2, -0.15) is 9.97 Å². The van der Waals surface area contributed by atoms with Crippen LogP contribution in [0.1, 0.15) is 29.7 Å². The maximum absolute atomic E-state index is 14.3. The Morgan fingerprint density at radius 1 is 1.20 bits per heavy atom. The Bertz CT molecular complexity index is 1600. The minimum absolute atomic E-state index is 0.154. The van der Waals surface area contributed by atoms with E-state index in [2.05, 4.69) is 64.5 Å². The number of likely N-dealkylation sites (N-methyl/N-ethyl adjacent to an activating group) is 1. The van der Waals surface area contributed by atoms with E-state index >= 15 is 0 Å². The number of carbonyl (C=O) groups excluding carboxylic acids is 1. The third-order valence-electron chi connectivity index (χ3n) is 9.05. The van der Waals surface area contributed by atoms with Crippen molar-refractivity contribution in [2.24, 2.45) is 0 Å². The van der Waals surface area contributed by atoms with Crippen molar-refractivity contribution < 1.29 is 13.9 Å². The Hall–Kier alpha value is -4.23. The molecule has 44 heavy (non-hydrogen) atoms. The highest BCUT2D eigenvalue weighted by Crippen LogP contribution is 2.40. The minimum atomic E-state index is -1.05. The molecule has 1 aliphatic carbocycles. The summed E-state index contributed by atoms with van der Waals surface area (Å²) in [4.78, 5) is 34.3. The number of hydrogen-bond acceptors (Lipinski definition) is 7. The second kappa shape index (κ2) is 12.4. The van der Waals surface area contributed by atoms with E-state index in [0.717, 1.165) is 30.0 Å². The highest BCUT2D eigenvalue weighted by Gasteiger charge is 2.43. The summed E-state index contributed by atoms with van der Waals surface area (Å²) in [5, 5.41) is 2.46. The molecule has 2 aliphatic heterocycles. The van der Waals surface area contributed by atoms with E-state index in [1.807, 2.05) is 11.9 Å². The second-order valence-electron chi connectivity index (χ2n) is 12.3. The number of halogens is 1. The summed E-state index contributed by atoms with van der Waals surface area (Å²) in [5.74, 6) is 0.659. The summed E-state index contributed by atoms with van der Waals surface area (Å²) in [6.45, 7) is 17.8. The molecule has 6 rings (SSSR count). The first-order valence-corrected chi connectivity index (χ1v) is 15.4.